The van der Waals surface area contributed by atoms with Gasteiger partial charge in [0.25, 0.3) is 0 Å². The van der Waals surface area contributed by atoms with Crippen LogP contribution in [0.2, 0.25) is 5.02 Å². The fourth-order valence-corrected chi connectivity index (χ4v) is 2.65. The number of rotatable bonds is 4. The number of likely N-dealkylation sites (tertiary alicyclic amines) is 1. The number of benzene rings is 1. The van der Waals surface area contributed by atoms with Crippen LogP contribution in [0, 0.1) is 5.92 Å². The Morgan fingerprint density at radius 3 is 2.61 bits per heavy atom. The van der Waals surface area contributed by atoms with E-state index in [1.54, 1.807) is 0 Å². The summed E-state index contributed by atoms with van der Waals surface area (Å²) in [5.74, 6) is -0.0812. The first-order valence-corrected chi connectivity index (χ1v) is 6.79. The first-order valence-electron chi connectivity index (χ1n) is 6.42. The van der Waals surface area contributed by atoms with Crippen LogP contribution in [-0.4, -0.2) is 30.4 Å². The zero-order valence-corrected chi connectivity index (χ0v) is 11.2. The van der Waals surface area contributed by atoms with Crippen molar-refractivity contribution in [2.24, 2.45) is 11.7 Å². The Bertz CT molecular complexity index is 414. The minimum Gasteiger partial charge on any atom is -0.369 e. The molecular weight excluding hydrogens is 248 g/mol. The van der Waals surface area contributed by atoms with Crippen molar-refractivity contribution in [1.82, 2.24) is 4.90 Å². The van der Waals surface area contributed by atoms with Gasteiger partial charge in [-0.15, -0.1) is 0 Å². The highest BCUT2D eigenvalue weighted by atomic mass is 35.5. The number of nitrogens with two attached hydrogens (primary N) is 1. The van der Waals surface area contributed by atoms with Crippen LogP contribution in [0.1, 0.15) is 18.4 Å². The van der Waals surface area contributed by atoms with Crippen molar-refractivity contribution in [2.75, 3.05) is 19.6 Å². The molecule has 1 heterocycles. The molecule has 1 fully saturated rings. The zero-order valence-electron chi connectivity index (χ0n) is 10.4. The normalized spacial score (nSPS) is 17.8. The molecule has 18 heavy (non-hydrogen) atoms. The van der Waals surface area contributed by atoms with Gasteiger partial charge in [-0.1, -0.05) is 29.8 Å². The number of carbonyl (C=O) groups excluding carboxylic acids is 1. The van der Waals surface area contributed by atoms with Gasteiger partial charge >= 0.3 is 0 Å². The fourth-order valence-electron chi connectivity index (χ4n) is 2.42. The molecule has 0 unspecified atom stereocenters. The maximum atomic E-state index is 11.1. The van der Waals surface area contributed by atoms with Gasteiger partial charge in [-0.05, 0) is 44.0 Å². The van der Waals surface area contributed by atoms with Crippen LogP contribution in [-0.2, 0) is 11.2 Å². The number of hydrogen-bond donors (Lipinski definition) is 1. The molecule has 1 amide bonds. The predicted octanol–water partition coefficient (Wildman–Crippen LogP) is 2.08. The Morgan fingerprint density at radius 2 is 2.00 bits per heavy atom. The zero-order chi connectivity index (χ0) is 13.0. The largest absolute Gasteiger partial charge is 0.369 e. The van der Waals surface area contributed by atoms with Crippen LogP contribution < -0.4 is 5.73 Å². The third kappa shape index (κ3) is 3.47. The van der Waals surface area contributed by atoms with Gasteiger partial charge in [-0.2, -0.15) is 0 Å². The van der Waals surface area contributed by atoms with Gasteiger partial charge in [-0.3, -0.25) is 4.79 Å². The van der Waals surface area contributed by atoms with Gasteiger partial charge in [0.1, 0.15) is 0 Å². The van der Waals surface area contributed by atoms with Crippen molar-refractivity contribution < 1.29 is 4.79 Å². The molecule has 0 spiro atoms. The molecule has 0 saturated carbocycles. The SMILES string of the molecule is NC(=O)C1CCN(CCc2ccccc2Cl)CC1. The molecule has 4 heteroatoms. The Hall–Kier alpha value is -1.06. The second kappa shape index (κ2) is 6.21. The van der Waals surface area contributed by atoms with E-state index in [0.717, 1.165) is 43.9 Å². The molecule has 0 bridgehead atoms. The van der Waals surface area contributed by atoms with Gasteiger partial charge in [0.15, 0.2) is 0 Å². The second-order valence-corrected chi connectivity index (χ2v) is 5.27. The summed E-state index contributed by atoms with van der Waals surface area (Å²) in [5.41, 5.74) is 6.51. The van der Waals surface area contributed by atoms with E-state index >= 15 is 0 Å². The van der Waals surface area contributed by atoms with Crippen molar-refractivity contribution in [1.29, 1.82) is 0 Å². The number of halogens is 1. The first kappa shape index (κ1) is 13.4. The number of amides is 1. The van der Waals surface area contributed by atoms with Crippen LogP contribution in [0.4, 0.5) is 0 Å². The van der Waals surface area contributed by atoms with E-state index in [1.165, 1.54) is 5.56 Å². The number of hydrogen-bond acceptors (Lipinski definition) is 2. The van der Waals surface area contributed by atoms with Crippen molar-refractivity contribution in [3.8, 4) is 0 Å². The van der Waals surface area contributed by atoms with Crippen LogP contribution in [0.3, 0.4) is 0 Å². The summed E-state index contributed by atoms with van der Waals surface area (Å²) in [7, 11) is 0. The number of piperidine rings is 1. The Morgan fingerprint density at radius 1 is 1.33 bits per heavy atom. The van der Waals surface area contributed by atoms with E-state index in [-0.39, 0.29) is 11.8 Å². The molecule has 1 aromatic carbocycles. The minimum atomic E-state index is -0.152. The minimum absolute atomic E-state index is 0.0709. The van der Waals surface area contributed by atoms with E-state index < -0.39 is 0 Å². The summed E-state index contributed by atoms with van der Waals surface area (Å²) >= 11 is 6.13. The average molecular weight is 267 g/mol. The summed E-state index contributed by atoms with van der Waals surface area (Å²) in [6, 6.07) is 7.96. The highest BCUT2D eigenvalue weighted by Gasteiger charge is 2.22. The summed E-state index contributed by atoms with van der Waals surface area (Å²) < 4.78 is 0. The molecule has 0 radical (unpaired) electrons. The van der Waals surface area contributed by atoms with Crippen molar-refractivity contribution in [2.45, 2.75) is 19.3 Å². The summed E-state index contributed by atoms with van der Waals surface area (Å²) in [4.78, 5) is 13.4. The van der Waals surface area contributed by atoms with Crippen LogP contribution in [0.25, 0.3) is 0 Å². The van der Waals surface area contributed by atoms with Crippen LogP contribution in [0.15, 0.2) is 24.3 Å². The molecule has 1 aliphatic heterocycles. The van der Waals surface area contributed by atoms with E-state index in [4.69, 9.17) is 17.3 Å². The molecule has 98 valence electrons. The van der Waals surface area contributed by atoms with Crippen LogP contribution in [0.5, 0.6) is 0 Å². The molecule has 0 aromatic heterocycles. The summed E-state index contributed by atoms with van der Waals surface area (Å²) in [5, 5.41) is 0.838. The van der Waals surface area contributed by atoms with Crippen molar-refractivity contribution >= 4 is 17.5 Å². The summed E-state index contributed by atoms with van der Waals surface area (Å²) in [6.45, 7) is 2.91. The van der Waals surface area contributed by atoms with Crippen LogP contribution >= 0.6 is 11.6 Å². The van der Waals surface area contributed by atoms with Gasteiger partial charge < -0.3 is 10.6 Å². The van der Waals surface area contributed by atoms with E-state index in [0.29, 0.717) is 0 Å². The Labute approximate surface area is 113 Å². The Kier molecular flexibility index (Phi) is 4.61. The molecule has 1 aromatic rings. The van der Waals surface area contributed by atoms with Crippen molar-refractivity contribution in [3.05, 3.63) is 34.9 Å². The molecule has 1 saturated heterocycles. The van der Waals surface area contributed by atoms with E-state index in [2.05, 4.69) is 11.0 Å². The van der Waals surface area contributed by atoms with Crippen molar-refractivity contribution in [3.63, 3.8) is 0 Å². The fraction of sp³-hybridized carbons (Fsp3) is 0.500. The lowest BCUT2D eigenvalue weighted by molar-refractivity contribution is -0.123. The predicted molar refractivity (Wildman–Crippen MR) is 73.5 cm³/mol. The quantitative estimate of drug-likeness (QED) is 0.907. The Balaban J connectivity index is 1.79. The monoisotopic (exact) mass is 266 g/mol. The van der Waals surface area contributed by atoms with Gasteiger partial charge in [0.2, 0.25) is 5.91 Å². The molecule has 2 rings (SSSR count). The maximum absolute atomic E-state index is 11.1. The highest BCUT2D eigenvalue weighted by Crippen LogP contribution is 2.19. The van der Waals surface area contributed by atoms with Gasteiger partial charge in [-0.25, -0.2) is 0 Å². The molecule has 0 aliphatic carbocycles. The topological polar surface area (TPSA) is 46.3 Å². The lowest BCUT2D eigenvalue weighted by Crippen LogP contribution is -2.39. The third-order valence-electron chi connectivity index (χ3n) is 3.65. The lowest BCUT2D eigenvalue weighted by atomic mass is 9.96. The summed E-state index contributed by atoms with van der Waals surface area (Å²) in [6.07, 6.45) is 2.73. The number of nitrogens with zero attached hydrogens (tertiary/aromatic N) is 1. The molecule has 3 nitrogen and oxygen atoms in total. The van der Waals surface area contributed by atoms with E-state index in [1.807, 2.05) is 18.2 Å². The highest BCUT2D eigenvalue weighted by molar-refractivity contribution is 6.31. The standard InChI is InChI=1S/C14H19ClN2O/c15-13-4-2-1-3-11(13)5-8-17-9-6-12(7-10-17)14(16)18/h1-4,12H,5-10H2,(H2,16,18). The van der Waals surface area contributed by atoms with E-state index in [9.17, 15) is 4.79 Å². The first-order chi connectivity index (χ1) is 8.66. The average Bonchev–Trinajstić information content (AvgIpc) is 2.38. The lowest BCUT2D eigenvalue weighted by Gasteiger charge is -2.30. The maximum Gasteiger partial charge on any atom is 0.220 e. The second-order valence-electron chi connectivity index (χ2n) is 4.86. The van der Waals surface area contributed by atoms with Gasteiger partial charge in [0, 0.05) is 17.5 Å². The number of primary amides is 1. The smallest absolute Gasteiger partial charge is 0.220 e. The number of carbonyl (C=O) groups is 1. The third-order valence-corrected chi connectivity index (χ3v) is 4.01. The molecule has 0 atom stereocenters. The van der Waals surface area contributed by atoms with Gasteiger partial charge in [0.05, 0.1) is 0 Å². The molecular formula is C14H19ClN2O. The molecule has 2 N–H and O–H groups in total. The molecule has 1 aliphatic rings.